The fourth-order valence-electron chi connectivity index (χ4n) is 4.53. The van der Waals surface area contributed by atoms with Crippen LogP contribution in [0.25, 0.3) is 16.8 Å². The monoisotopic (exact) mass is 448 g/mol. The lowest BCUT2D eigenvalue weighted by Crippen LogP contribution is -2.51. The maximum atomic E-state index is 15.1. The number of nitrogens with one attached hydrogen (secondary N) is 1. The van der Waals surface area contributed by atoms with Crippen LogP contribution in [0.4, 0.5) is 10.4 Å². The van der Waals surface area contributed by atoms with Gasteiger partial charge in [0.1, 0.15) is 22.6 Å². The number of hydrogen-bond acceptors (Lipinski definition) is 6. The van der Waals surface area contributed by atoms with Crippen LogP contribution >= 0.6 is 0 Å². The van der Waals surface area contributed by atoms with E-state index in [9.17, 15) is 4.79 Å². The van der Waals surface area contributed by atoms with Crippen LogP contribution in [-0.4, -0.2) is 49.9 Å². The van der Waals surface area contributed by atoms with Gasteiger partial charge in [0.05, 0.1) is 18.4 Å². The number of para-hydroxylation sites is 2. The molecule has 0 radical (unpaired) electrons. The Hall–Kier alpha value is -3.75. The van der Waals surface area contributed by atoms with Gasteiger partial charge in [-0.25, -0.2) is 4.39 Å². The topological polar surface area (TPSA) is 89.1 Å². The first-order valence-electron chi connectivity index (χ1n) is 11.1. The highest BCUT2D eigenvalue weighted by Crippen LogP contribution is 2.29. The summed E-state index contributed by atoms with van der Waals surface area (Å²) in [5.74, 6) is -0.716. The number of hydrogen-bond donors (Lipinski definition) is 1. The van der Waals surface area contributed by atoms with Crippen LogP contribution in [0.15, 0.2) is 53.2 Å². The van der Waals surface area contributed by atoms with E-state index in [1.807, 2.05) is 24.3 Å². The zero-order valence-corrected chi connectivity index (χ0v) is 18.5. The lowest BCUT2D eigenvalue weighted by atomic mass is 9.90. The third-order valence-electron chi connectivity index (χ3n) is 6.19. The second kappa shape index (κ2) is 8.65. The second-order valence-electron chi connectivity index (χ2n) is 8.51. The summed E-state index contributed by atoms with van der Waals surface area (Å²) in [6.45, 7) is 4.88. The summed E-state index contributed by atoms with van der Waals surface area (Å²) < 4.78 is 20.9. The van der Waals surface area contributed by atoms with Gasteiger partial charge in [-0.1, -0.05) is 19.1 Å². The standard InChI is InChI=1S/C24H25FN6O2/c1-15-12-17(25)22(19(13-15)31-27-9-10-28-31)23(32)30-11-5-6-16(2)20(30)14-26-24-29-18-7-3-4-8-21(18)33-24/h3-4,7-10,12-13,16,20H,5-6,11,14H2,1-2H3,(H,26,29)/t16-,20-/m1/s1. The largest absolute Gasteiger partial charge is 0.424 e. The summed E-state index contributed by atoms with van der Waals surface area (Å²) in [6, 6.07) is 10.9. The van der Waals surface area contributed by atoms with Crippen molar-refractivity contribution in [2.45, 2.75) is 32.7 Å². The Kier molecular flexibility index (Phi) is 5.53. The van der Waals surface area contributed by atoms with Crippen molar-refractivity contribution >= 4 is 23.0 Å². The van der Waals surface area contributed by atoms with E-state index in [4.69, 9.17) is 4.42 Å². The van der Waals surface area contributed by atoms with Crippen molar-refractivity contribution < 1.29 is 13.6 Å². The Morgan fingerprint density at radius 1 is 1.24 bits per heavy atom. The molecule has 0 bridgehead atoms. The summed E-state index contributed by atoms with van der Waals surface area (Å²) in [7, 11) is 0. The molecule has 1 saturated heterocycles. The molecule has 8 nitrogen and oxygen atoms in total. The number of anilines is 1. The lowest BCUT2D eigenvalue weighted by Gasteiger charge is -2.40. The highest BCUT2D eigenvalue weighted by atomic mass is 19.1. The van der Waals surface area contributed by atoms with Crippen molar-refractivity contribution in [3.05, 3.63) is 65.7 Å². The molecule has 2 aromatic carbocycles. The molecule has 1 amide bonds. The van der Waals surface area contributed by atoms with E-state index in [1.54, 1.807) is 17.9 Å². The highest BCUT2D eigenvalue weighted by Gasteiger charge is 2.35. The number of carbonyl (C=O) groups is 1. The summed E-state index contributed by atoms with van der Waals surface area (Å²) in [6.07, 6.45) is 4.85. The minimum Gasteiger partial charge on any atom is -0.424 e. The molecule has 0 unspecified atom stereocenters. The van der Waals surface area contributed by atoms with Crippen LogP contribution < -0.4 is 5.32 Å². The van der Waals surface area contributed by atoms with Crippen molar-refractivity contribution in [3.8, 4) is 5.69 Å². The molecule has 0 spiro atoms. The summed E-state index contributed by atoms with van der Waals surface area (Å²) >= 11 is 0. The summed E-state index contributed by atoms with van der Waals surface area (Å²) in [5.41, 5.74) is 2.48. The van der Waals surface area contributed by atoms with Gasteiger partial charge in [0, 0.05) is 13.1 Å². The number of fused-ring (bicyclic) bond motifs is 1. The third-order valence-corrected chi connectivity index (χ3v) is 6.19. The van der Waals surface area contributed by atoms with Crippen LogP contribution in [-0.2, 0) is 0 Å². The number of rotatable bonds is 5. The van der Waals surface area contributed by atoms with Crippen LogP contribution in [0, 0.1) is 18.7 Å². The van der Waals surface area contributed by atoms with Crippen LogP contribution in [0.2, 0.25) is 0 Å². The molecule has 170 valence electrons. The van der Waals surface area contributed by atoms with Crippen molar-refractivity contribution in [3.63, 3.8) is 0 Å². The van der Waals surface area contributed by atoms with E-state index in [-0.39, 0.29) is 23.4 Å². The van der Waals surface area contributed by atoms with E-state index in [1.165, 1.54) is 23.3 Å². The van der Waals surface area contributed by atoms with Gasteiger partial charge in [-0.2, -0.15) is 20.0 Å². The number of benzene rings is 2. The number of carbonyl (C=O) groups excluding carboxylic acids is 1. The number of oxazole rings is 1. The SMILES string of the molecule is Cc1cc(F)c(C(=O)N2CCC[C@@H](C)[C@H]2CNc2nc3ccccc3o2)c(-n2nccn2)c1. The van der Waals surface area contributed by atoms with Gasteiger partial charge in [0.2, 0.25) is 0 Å². The number of likely N-dealkylation sites (tertiary alicyclic amines) is 1. The van der Waals surface area contributed by atoms with Gasteiger partial charge in [0.15, 0.2) is 5.58 Å². The minimum atomic E-state index is -0.573. The molecule has 33 heavy (non-hydrogen) atoms. The Bertz CT molecular complexity index is 1250. The Balaban J connectivity index is 1.44. The highest BCUT2D eigenvalue weighted by molar-refractivity contribution is 5.98. The molecule has 9 heteroatoms. The van der Waals surface area contributed by atoms with E-state index < -0.39 is 5.82 Å². The van der Waals surface area contributed by atoms with E-state index >= 15 is 4.39 Å². The summed E-state index contributed by atoms with van der Waals surface area (Å²) in [5, 5.41) is 11.5. The first-order chi connectivity index (χ1) is 16.0. The average molecular weight is 449 g/mol. The van der Waals surface area contributed by atoms with Gasteiger partial charge in [-0.05, 0) is 55.5 Å². The molecule has 5 rings (SSSR count). The molecule has 3 heterocycles. The van der Waals surface area contributed by atoms with E-state index in [0.29, 0.717) is 35.9 Å². The van der Waals surface area contributed by atoms with Crippen molar-refractivity contribution in [1.29, 1.82) is 0 Å². The number of aromatic nitrogens is 4. The second-order valence-corrected chi connectivity index (χ2v) is 8.51. The molecule has 1 aliphatic rings. The number of aryl methyl sites for hydroxylation is 1. The quantitative estimate of drug-likeness (QED) is 0.492. The molecule has 2 atom stereocenters. The zero-order valence-electron chi connectivity index (χ0n) is 18.5. The van der Waals surface area contributed by atoms with Gasteiger partial charge in [-0.3, -0.25) is 4.79 Å². The minimum absolute atomic E-state index is 0.0160. The predicted octanol–water partition coefficient (Wildman–Crippen LogP) is 4.21. The van der Waals surface area contributed by atoms with Gasteiger partial charge >= 0.3 is 0 Å². The van der Waals surface area contributed by atoms with Crippen LogP contribution in [0.5, 0.6) is 0 Å². The lowest BCUT2D eigenvalue weighted by molar-refractivity contribution is 0.0534. The van der Waals surface area contributed by atoms with Gasteiger partial charge < -0.3 is 14.6 Å². The smallest absolute Gasteiger partial charge is 0.295 e. The first kappa shape index (κ1) is 21.1. The molecular formula is C24H25FN6O2. The average Bonchev–Trinajstić information content (AvgIpc) is 3.47. The predicted molar refractivity (Wildman–Crippen MR) is 122 cm³/mol. The fraction of sp³-hybridized carbons (Fsp3) is 0.333. The number of halogens is 1. The van der Waals surface area contributed by atoms with Gasteiger partial charge in [-0.15, -0.1) is 0 Å². The van der Waals surface area contributed by atoms with Gasteiger partial charge in [0.25, 0.3) is 11.9 Å². The fourth-order valence-corrected chi connectivity index (χ4v) is 4.53. The Morgan fingerprint density at radius 3 is 2.82 bits per heavy atom. The van der Waals surface area contributed by atoms with Crippen molar-refractivity contribution in [2.75, 3.05) is 18.4 Å². The maximum Gasteiger partial charge on any atom is 0.295 e. The zero-order chi connectivity index (χ0) is 22.9. The molecule has 2 aromatic heterocycles. The third kappa shape index (κ3) is 4.06. The van der Waals surface area contributed by atoms with E-state index in [2.05, 4.69) is 27.4 Å². The molecule has 1 N–H and O–H groups in total. The summed E-state index contributed by atoms with van der Waals surface area (Å²) in [4.78, 5) is 21.2. The molecule has 1 aliphatic heterocycles. The van der Waals surface area contributed by atoms with Crippen molar-refractivity contribution in [1.82, 2.24) is 24.9 Å². The number of nitrogens with zero attached hydrogens (tertiary/aromatic N) is 5. The van der Waals surface area contributed by atoms with E-state index in [0.717, 1.165) is 18.4 Å². The first-order valence-corrected chi connectivity index (χ1v) is 11.1. The van der Waals surface area contributed by atoms with Crippen LogP contribution in [0.3, 0.4) is 0 Å². The van der Waals surface area contributed by atoms with Crippen molar-refractivity contribution in [2.24, 2.45) is 5.92 Å². The molecular weight excluding hydrogens is 423 g/mol. The Morgan fingerprint density at radius 2 is 2.03 bits per heavy atom. The molecule has 1 fully saturated rings. The molecule has 4 aromatic rings. The normalized spacial score (nSPS) is 18.6. The number of piperidine rings is 1. The molecule has 0 aliphatic carbocycles. The van der Waals surface area contributed by atoms with Crippen LogP contribution in [0.1, 0.15) is 35.7 Å². The molecule has 0 saturated carbocycles. The maximum absolute atomic E-state index is 15.1. The Labute approximate surface area is 190 Å². The number of amides is 1.